The Bertz CT molecular complexity index is 779. The highest BCUT2D eigenvalue weighted by molar-refractivity contribution is 9.10. The Kier molecular flexibility index (Phi) is 2.86. The van der Waals surface area contributed by atoms with Crippen molar-refractivity contribution in [2.75, 3.05) is 5.73 Å². The minimum absolute atomic E-state index is 0.707. The number of fused-ring (bicyclic) bond motifs is 2. The quantitative estimate of drug-likeness (QED) is 0.636. The second-order valence-electron chi connectivity index (χ2n) is 5.24. The average Bonchev–Trinajstić information content (AvgIpc) is 3.01. The molecule has 0 bridgehead atoms. The molecule has 102 valence electrons. The number of benzene rings is 1. The van der Waals surface area contributed by atoms with Gasteiger partial charge < -0.3 is 10.7 Å². The van der Waals surface area contributed by atoms with Gasteiger partial charge in [-0.25, -0.2) is 4.98 Å². The number of anilines is 1. The molecule has 0 saturated heterocycles. The van der Waals surface area contributed by atoms with Gasteiger partial charge in [-0.3, -0.25) is 0 Å². The van der Waals surface area contributed by atoms with E-state index in [-0.39, 0.29) is 0 Å². The maximum absolute atomic E-state index is 6.04. The molecule has 4 rings (SSSR count). The molecule has 0 atom stereocenters. The number of thiophene rings is 1. The van der Waals surface area contributed by atoms with Crippen LogP contribution in [0.3, 0.4) is 0 Å². The van der Waals surface area contributed by atoms with Crippen LogP contribution in [0.15, 0.2) is 22.7 Å². The summed E-state index contributed by atoms with van der Waals surface area (Å²) in [5.41, 5.74) is 10.1. The number of H-pyrrole nitrogens is 1. The molecular weight excluding hydrogens is 334 g/mol. The summed E-state index contributed by atoms with van der Waals surface area (Å²) in [5, 5.41) is 0. The minimum Gasteiger partial charge on any atom is -0.397 e. The van der Waals surface area contributed by atoms with E-state index in [4.69, 9.17) is 5.73 Å². The van der Waals surface area contributed by atoms with Gasteiger partial charge in [-0.15, -0.1) is 11.3 Å². The molecule has 5 heteroatoms. The van der Waals surface area contributed by atoms with E-state index in [9.17, 15) is 0 Å². The molecule has 0 radical (unpaired) electrons. The molecule has 1 aliphatic rings. The molecule has 0 amide bonds. The number of nitrogens with two attached hydrogens (primary N) is 1. The number of rotatable bonds is 1. The van der Waals surface area contributed by atoms with E-state index in [1.165, 1.54) is 41.0 Å². The third-order valence-electron chi connectivity index (χ3n) is 3.81. The summed E-state index contributed by atoms with van der Waals surface area (Å²) in [5.74, 6) is 0.934. The van der Waals surface area contributed by atoms with Crippen molar-refractivity contribution in [3.63, 3.8) is 0 Å². The van der Waals surface area contributed by atoms with Crippen molar-refractivity contribution in [1.82, 2.24) is 9.97 Å². The van der Waals surface area contributed by atoms with Crippen LogP contribution in [-0.4, -0.2) is 9.97 Å². The van der Waals surface area contributed by atoms with Gasteiger partial charge in [0.15, 0.2) is 0 Å². The highest BCUT2D eigenvalue weighted by atomic mass is 79.9. The molecular formula is C15H14BrN3S. The summed E-state index contributed by atoms with van der Waals surface area (Å²) in [4.78, 5) is 10.8. The van der Waals surface area contributed by atoms with Crippen molar-refractivity contribution in [2.45, 2.75) is 25.7 Å². The third-order valence-corrected chi connectivity index (χ3v) is 5.51. The highest BCUT2D eigenvalue weighted by Crippen LogP contribution is 2.36. The summed E-state index contributed by atoms with van der Waals surface area (Å²) < 4.78 is 0.975. The molecule has 2 heterocycles. The summed E-state index contributed by atoms with van der Waals surface area (Å²) >= 11 is 5.34. The fraction of sp³-hybridized carbons (Fsp3) is 0.267. The zero-order chi connectivity index (χ0) is 13.7. The van der Waals surface area contributed by atoms with Gasteiger partial charge in [-0.2, -0.15) is 0 Å². The van der Waals surface area contributed by atoms with E-state index in [0.29, 0.717) is 5.69 Å². The SMILES string of the molecule is Nc1cc(Br)cc2[nH]c(-c3cc4c(s3)CCCC4)nc12. The number of aryl methyl sites for hydroxylation is 2. The van der Waals surface area contributed by atoms with Crippen LogP contribution in [-0.2, 0) is 12.8 Å². The molecule has 3 aromatic rings. The topological polar surface area (TPSA) is 54.7 Å². The minimum atomic E-state index is 0.707. The van der Waals surface area contributed by atoms with E-state index < -0.39 is 0 Å². The number of imidazole rings is 1. The Morgan fingerprint density at radius 3 is 2.90 bits per heavy atom. The Hall–Kier alpha value is -1.33. The Balaban J connectivity index is 1.85. The number of aromatic nitrogens is 2. The van der Waals surface area contributed by atoms with Gasteiger partial charge in [0, 0.05) is 9.35 Å². The van der Waals surface area contributed by atoms with Crippen LogP contribution in [0.25, 0.3) is 21.7 Å². The van der Waals surface area contributed by atoms with Crippen molar-refractivity contribution >= 4 is 44.0 Å². The molecule has 20 heavy (non-hydrogen) atoms. The first-order chi connectivity index (χ1) is 9.70. The fourth-order valence-corrected chi connectivity index (χ4v) is 4.51. The van der Waals surface area contributed by atoms with Crippen LogP contribution < -0.4 is 5.73 Å². The lowest BCUT2D eigenvalue weighted by atomic mass is 9.99. The van der Waals surface area contributed by atoms with Gasteiger partial charge in [0.1, 0.15) is 11.3 Å². The maximum Gasteiger partial charge on any atom is 0.148 e. The number of halogens is 1. The molecule has 1 aromatic carbocycles. The van der Waals surface area contributed by atoms with Crippen LogP contribution in [0.2, 0.25) is 0 Å². The molecule has 0 saturated carbocycles. The first-order valence-corrected chi connectivity index (χ1v) is 8.38. The molecule has 1 aliphatic carbocycles. The lowest BCUT2D eigenvalue weighted by Gasteiger charge is -2.08. The van der Waals surface area contributed by atoms with E-state index in [0.717, 1.165) is 21.3 Å². The fourth-order valence-electron chi connectivity index (χ4n) is 2.83. The summed E-state index contributed by atoms with van der Waals surface area (Å²) in [6, 6.07) is 6.21. The van der Waals surface area contributed by atoms with Crippen LogP contribution in [0, 0.1) is 0 Å². The largest absolute Gasteiger partial charge is 0.397 e. The van der Waals surface area contributed by atoms with E-state index in [2.05, 4.69) is 32.0 Å². The zero-order valence-corrected chi connectivity index (χ0v) is 13.3. The molecule has 2 aromatic heterocycles. The second-order valence-corrected chi connectivity index (χ2v) is 7.30. The van der Waals surface area contributed by atoms with Crippen molar-refractivity contribution in [1.29, 1.82) is 0 Å². The predicted octanol–water partition coefficient (Wildman–Crippen LogP) is 4.51. The van der Waals surface area contributed by atoms with Gasteiger partial charge in [-0.05, 0) is 49.4 Å². The van der Waals surface area contributed by atoms with Crippen molar-refractivity contribution in [3.05, 3.63) is 33.1 Å². The van der Waals surface area contributed by atoms with Crippen molar-refractivity contribution in [2.24, 2.45) is 0 Å². The third kappa shape index (κ3) is 1.96. The Morgan fingerprint density at radius 2 is 2.05 bits per heavy atom. The second kappa shape index (κ2) is 4.60. The van der Waals surface area contributed by atoms with Gasteiger partial charge in [0.05, 0.1) is 16.1 Å². The molecule has 0 aliphatic heterocycles. The highest BCUT2D eigenvalue weighted by Gasteiger charge is 2.16. The summed E-state index contributed by atoms with van der Waals surface area (Å²) in [7, 11) is 0. The molecule has 0 spiro atoms. The van der Waals surface area contributed by atoms with E-state index in [1.807, 2.05) is 23.5 Å². The summed E-state index contributed by atoms with van der Waals surface area (Å²) in [6.07, 6.45) is 5.05. The molecule has 3 N–H and O–H groups in total. The van der Waals surface area contributed by atoms with Crippen LogP contribution in [0.5, 0.6) is 0 Å². The van der Waals surface area contributed by atoms with Crippen LogP contribution >= 0.6 is 27.3 Å². The van der Waals surface area contributed by atoms with Crippen LogP contribution in [0.1, 0.15) is 23.3 Å². The standard InChI is InChI=1S/C15H14BrN3S/c16-9-6-10(17)14-11(7-9)18-15(19-14)13-5-8-3-1-2-4-12(8)20-13/h5-7H,1-4,17H2,(H,18,19). The van der Waals surface area contributed by atoms with Crippen LogP contribution in [0.4, 0.5) is 5.69 Å². The Morgan fingerprint density at radius 1 is 1.20 bits per heavy atom. The van der Waals surface area contributed by atoms with Crippen molar-refractivity contribution in [3.8, 4) is 10.7 Å². The van der Waals surface area contributed by atoms with Gasteiger partial charge in [0.2, 0.25) is 0 Å². The normalized spacial score (nSPS) is 14.7. The molecule has 3 nitrogen and oxygen atoms in total. The molecule has 0 fully saturated rings. The van der Waals surface area contributed by atoms with E-state index in [1.54, 1.807) is 0 Å². The van der Waals surface area contributed by atoms with Crippen molar-refractivity contribution < 1.29 is 0 Å². The zero-order valence-electron chi connectivity index (χ0n) is 10.9. The van der Waals surface area contributed by atoms with Gasteiger partial charge >= 0.3 is 0 Å². The predicted molar refractivity (Wildman–Crippen MR) is 88.2 cm³/mol. The number of nitrogen functional groups attached to an aromatic ring is 1. The monoisotopic (exact) mass is 347 g/mol. The first kappa shape index (κ1) is 12.4. The van der Waals surface area contributed by atoms with Gasteiger partial charge in [-0.1, -0.05) is 15.9 Å². The number of nitrogens with one attached hydrogen (secondary N) is 1. The Labute approximate surface area is 129 Å². The smallest absolute Gasteiger partial charge is 0.148 e. The average molecular weight is 348 g/mol. The lowest BCUT2D eigenvalue weighted by molar-refractivity contribution is 0.697. The number of aromatic amines is 1. The number of hydrogen-bond donors (Lipinski definition) is 2. The maximum atomic E-state index is 6.04. The summed E-state index contributed by atoms with van der Waals surface area (Å²) in [6.45, 7) is 0. The number of hydrogen-bond acceptors (Lipinski definition) is 3. The lowest BCUT2D eigenvalue weighted by Crippen LogP contribution is -1.96. The van der Waals surface area contributed by atoms with E-state index >= 15 is 0 Å². The molecule has 0 unspecified atom stereocenters. The van der Waals surface area contributed by atoms with Gasteiger partial charge in [0.25, 0.3) is 0 Å². The first-order valence-electron chi connectivity index (χ1n) is 6.77. The number of nitrogens with zero attached hydrogens (tertiary/aromatic N) is 1.